The summed E-state index contributed by atoms with van der Waals surface area (Å²) in [6.45, 7) is 3.83. The molecule has 3 rings (SSSR count). The van der Waals surface area contributed by atoms with Gasteiger partial charge in [0, 0.05) is 5.56 Å². The monoisotopic (exact) mass is 323 g/mol. The van der Waals surface area contributed by atoms with E-state index in [-0.39, 0.29) is 18.0 Å². The van der Waals surface area contributed by atoms with Gasteiger partial charge in [-0.2, -0.15) is 0 Å². The number of methoxy groups -OCH3 is 1. The summed E-state index contributed by atoms with van der Waals surface area (Å²) in [7, 11) is 1.63. The Labute approximate surface area is 141 Å². The first-order chi connectivity index (χ1) is 11.6. The molecule has 2 atom stereocenters. The van der Waals surface area contributed by atoms with Crippen molar-refractivity contribution < 1.29 is 9.53 Å². The molecule has 0 saturated heterocycles. The summed E-state index contributed by atoms with van der Waals surface area (Å²) in [5, 5.41) is 3.06. The molecule has 0 aliphatic carbocycles. The van der Waals surface area contributed by atoms with Crippen LogP contribution >= 0.6 is 0 Å². The van der Waals surface area contributed by atoms with Crippen LogP contribution in [0.15, 0.2) is 54.9 Å². The van der Waals surface area contributed by atoms with Crippen molar-refractivity contribution in [2.24, 2.45) is 0 Å². The molecule has 1 heterocycles. The molecule has 1 amide bonds. The smallest absolute Gasteiger partial charge is 0.243 e. The standard InChI is InChI=1S/C19H21N3O2/c1-13(15-8-4-7-11-18(15)24-3)21-19(23)14(2)22-12-20-16-9-5-6-10-17(16)22/h4-14H,1-3H3,(H,21,23)/t13-,14+/m1/s1. The van der Waals surface area contributed by atoms with Crippen molar-refractivity contribution in [3.05, 3.63) is 60.4 Å². The molecule has 5 heteroatoms. The quantitative estimate of drug-likeness (QED) is 0.782. The van der Waals surface area contributed by atoms with Gasteiger partial charge in [0.25, 0.3) is 0 Å². The molecule has 0 spiro atoms. The topological polar surface area (TPSA) is 56.1 Å². The number of amides is 1. The normalized spacial score (nSPS) is 13.5. The lowest BCUT2D eigenvalue weighted by Crippen LogP contribution is -2.33. The van der Waals surface area contributed by atoms with Crippen LogP contribution in [0.3, 0.4) is 0 Å². The van der Waals surface area contributed by atoms with Gasteiger partial charge in [-0.05, 0) is 32.0 Å². The second-order valence-electron chi connectivity index (χ2n) is 5.79. The van der Waals surface area contributed by atoms with Crippen molar-refractivity contribution in [3.8, 4) is 5.75 Å². The summed E-state index contributed by atoms with van der Waals surface area (Å²) in [5.74, 6) is 0.711. The van der Waals surface area contributed by atoms with Crippen LogP contribution in [0.4, 0.5) is 0 Å². The second-order valence-corrected chi connectivity index (χ2v) is 5.79. The van der Waals surface area contributed by atoms with Gasteiger partial charge in [0.1, 0.15) is 11.8 Å². The lowest BCUT2D eigenvalue weighted by Gasteiger charge is -2.20. The zero-order valence-electron chi connectivity index (χ0n) is 14.1. The van der Waals surface area contributed by atoms with Gasteiger partial charge in [-0.3, -0.25) is 4.79 Å². The number of nitrogens with one attached hydrogen (secondary N) is 1. The Morgan fingerprint density at radius 3 is 2.62 bits per heavy atom. The zero-order chi connectivity index (χ0) is 17.1. The maximum atomic E-state index is 12.7. The third-order valence-corrected chi connectivity index (χ3v) is 4.24. The Kier molecular flexibility index (Phi) is 4.51. The number of benzene rings is 2. The number of fused-ring (bicyclic) bond motifs is 1. The van der Waals surface area contributed by atoms with Gasteiger partial charge in [-0.25, -0.2) is 4.98 Å². The van der Waals surface area contributed by atoms with Crippen LogP contribution in [0.5, 0.6) is 5.75 Å². The fourth-order valence-electron chi connectivity index (χ4n) is 2.85. The van der Waals surface area contributed by atoms with Gasteiger partial charge in [0.15, 0.2) is 0 Å². The fourth-order valence-corrected chi connectivity index (χ4v) is 2.85. The van der Waals surface area contributed by atoms with Crippen molar-refractivity contribution in [1.29, 1.82) is 0 Å². The van der Waals surface area contributed by atoms with Gasteiger partial charge in [0.05, 0.1) is 30.5 Å². The fraction of sp³-hybridized carbons (Fsp3) is 0.263. The molecule has 5 nitrogen and oxygen atoms in total. The molecule has 1 aromatic heterocycles. The van der Waals surface area contributed by atoms with Crippen LogP contribution in [-0.4, -0.2) is 22.6 Å². The van der Waals surface area contributed by atoms with E-state index in [1.165, 1.54) is 0 Å². The summed E-state index contributed by atoms with van der Waals surface area (Å²) < 4.78 is 7.26. The molecule has 1 N–H and O–H groups in total. The SMILES string of the molecule is COc1ccccc1[C@@H](C)NC(=O)[C@H](C)n1cnc2ccccc21. The predicted octanol–water partition coefficient (Wildman–Crippen LogP) is 3.48. The highest BCUT2D eigenvalue weighted by atomic mass is 16.5. The van der Waals surface area contributed by atoms with Crippen molar-refractivity contribution in [3.63, 3.8) is 0 Å². The van der Waals surface area contributed by atoms with Crippen LogP contribution in [0.1, 0.15) is 31.5 Å². The average Bonchev–Trinajstić information content (AvgIpc) is 3.04. The second kappa shape index (κ2) is 6.74. The number of nitrogens with zero attached hydrogens (tertiary/aromatic N) is 2. The number of carbonyl (C=O) groups excluding carboxylic acids is 1. The van der Waals surface area contributed by atoms with Gasteiger partial charge in [-0.1, -0.05) is 30.3 Å². The van der Waals surface area contributed by atoms with Gasteiger partial charge in [0.2, 0.25) is 5.91 Å². The molecule has 0 fully saturated rings. The molecule has 0 radical (unpaired) electrons. The van der Waals surface area contributed by atoms with E-state index < -0.39 is 0 Å². The molecule has 0 aliphatic heterocycles. The Morgan fingerprint density at radius 1 is 1.12 bits per heavy atom. The zero-order valence-corrected chi connectivity index (χ0v) is 14.1. The highest BCUT2D eigenvalue weighted by Crippen LogP contribution is 2.25. The Hall–Kier alpha value is -2.82. The van der Waals surface area contributed by atoms with E-state index in [0.29, 0.717) is 0 Å². The van der Waals surface area contributed by atoms with E-state index in [4.69, 9.17) is 4.74 Å². The molecular weight excluding hydrogens is 302 g/mol. The number of rotatable bonds is 5. The first-order valence-electron chi connectivity index (χ1n) is 7.96. The largest absolute Gasteiger partial charge is 0.496 e. The molecule has 2 aromatic carbocycles. The molecular formula is C19H21N3O2. The summed E-state index contributed by atoms with van der Waals surface area (Å²) in [4.78, 5) is 17.0. The minimum absolute atomic E-state index is 0.0587. The van der Waals surface area contributed by atoms with E-state index in [1.807, 2.05) is 66.9 Å². The number of para-hydroxylation sites is 3. The summed E-state index contributed by atoms with van der Waals surface area (Å²) in [5.41, 5.74) is 2.79. The van der Waals surface area contributed by atoms with Crippen LogP contribution in [0.2, 0.25) is 0 Å². The molecule has 24 heavy (non-hydrogen) atoms. The van der Waals surface area contributed by atoms with Crippen molar-refractivity contribution in [1.82, 2.24) is 14.9 Å². The first-order valence-corrected chi connectivity index (χ1v) is 7.96. The Balaban J connectivity index is 1.79. The van der Waals surface area contributed by atoms with Gasteiger partial charge < -0.3 is 14.6 Å². The van der Waals surface area contributed by atoms with E-state index in [9.17, 15) is 4.79 Å². The number of hydrogen-bond donors (Lipinski definition) is 1. The van der Waals surface area contributed by atoms with Crippen molar-refractivity contribution >= 4 is 16.9 Å². The molecule has 0 bridgehead atoms. The van der Waals surface area contributed by atoms with Crippen LogP contribution in [0, 0.1) is 0 Å². The van der Waals surface area contributed by atoms with Gasteiger partial charge in [-0.15, -0.1) is 0 Å². The molecule has 0 unspecified atom stereocenters. The predicted molar refractivity (Wildman–Crippen MR) is 94.0 cm³/mol. The van der Waals surface area contributed by atoms with Gasteiger partial charge >= 0.3 is 0 Å². The Morgan fingerprint density at radius 2 is 1.83 bits per heavy atom. The van der Waals surface area contributed by atoms with Crippen molar-refractivity contribution in [2.75, 3.05) is 7.11 Å². The number of imidazole rings is 1. The molecule has 0 aliphatic rings. The van der Waals surface area contributed by atoms with Crippen LogP contribution in [-0.2, 0) is 4.79 Å². The van der Waals surface area contributed by atoms with E-state index in [0.717, 1.165) is 22.3 Å². The number of hydrogen-bond acceptors (Lipinski definition) is 3. The molecule has 3 aromatic rings. The van der Waals surface area contributed by atoms with Crippen molar-refractivity contribution in [2.45, 2.75) is 25.9 Å². The van der Waals surface area contributed by atoms with E-state index >= 15 is 0 Å². The summed E-state index contributed by atoms with van der Waals surface area (Å²) in [6, 6.07) is 15.0. The first kappa shape index (κ1) is 16.1. The lowest BCUT2D eigenvalue weighted by atomic mass is 10.1. The minimum Gasteiger partial charge on any atom is -0.496 e. The number of ether oxygens (including phenoxy) is 1. The third-order valence-electron chi connectivity index (χ3n) is 4.24. The minimum atomic E-state index is -0.352. The number of carbonyl (C=O) groups is 1. The van der Waals surface area contributed by atoms with Crippen LogP contribution in [0.25, 0.3) is 11.0 Å². The van der Waals surface area contributed by atoms with E-state index in [1.54, 1.807) is 13.4 Å². The molecule has 0 saturated carbocycles. The highest BCUT2D eigenvalue weighted by Gasteiger charge is 2.20. The summed E-state index contributed by atoms with van der Waals surface area (Å²) in [6.07, 6.45) is 1.71. The Bertz CT molecular complexity index is 856. The lowest BCUT2D eigenvalue weighted by molar-refractivity contribution is -0.124. The number of aromatic nitrogens is 2. The third kappa shape index (κ3) is 2.97. The highest BCUT2D eigenvalue weighted by molar-refractivity contribution is 5.83. The van der Waals surface area contributed by atoms with Crippen LogP contribution < -0.4 is 10.1 Å². The maximum absolute atomic E-state index is 12.7. The average molecular weight is 323 g/mol. The van der Waals surface area contributed by atoms with E-state index in [2.05, 4.69) is 10.3 Å². The summed E-state index contributed by atoms with van der Waals surface area (Å²) >= 11 is 0. The molecule has 124 valence electrons. The maximum Gasteiger partial charge on any atom is 0.243 e.